The Balaban J connectivity index is 2.11. The number of aromatic amines is 1. The van der Waals surface area contributed by atoms with E-state index >= 15 is 0 Å². The Hall–Kier alpha value is -1.91. The number of carboxylic acids is 1. The van der Waals surface area contributed by atoms with Crippen LogP contribution >= 0.6 is 0 Å². The van der Waals surface area contributed by atoms with Crippen molar-refractivity contribution in [2.24, 2.45) is 0 Å². The summed E-state index contributed by atoms with van der Waals surface area (Å²) >= 11 is 0. The second-order valence-electron chi connectivity index (χ2n) is 4.85. The maximum absolute atomic E-state index is 10.9. The van der Waals surface area contributed by atoms with Crippen LogP contribution in [0.4, 0.5) is 0 Å². The number of carbonyl (C=O) groups is 1. The second-order valence-corrected chi connectivity index (χ2v) is 4.85. The monoisotopic (exact) mass is 245 g/mol. The fourth-order valence-electron chi connectivity index (χ4n) is 2.86. The van der Waals surface area contributed by atoms with Gasteiger partial charge in [0.2, 0.25) is 0 Å². The first kappa shape index (κ1) is 11.2. The van der Waals surface area contributed by atoms with Crippen molar-refractivity contribution in [2.75, 3.05) is 0 Å². The van der Waals surface area contributed by atoms with Gasteiger partial charge in [-0.25, -0.2) is 9.97 Å². The molecule has 2 heterocycles. The number of nitrogens with zero attached hydrogens (tertiary/aromatic N) is 2. The number of fused-ring (bicyclic) bond motifs is 1. The van der Waals surface area contributed by atoms with Crippen LogP contribution in [-0.4, -0.2) is 26.0 Å². The third-order valence-corrected chi connectivity index (χ3v) is 3.66. The van der Waals surface area contributed by atoms with E-state index in [-0.39, 0.29) is 6.42 Å². The minimum absolute atomic E-state index is 0.0209. The van der Waals surface area contributed by atoms with E-state index in [2.05, 4.69) is 15.0 Å². The Labute approximate surface area is 104 Å². The summed E-state index contributed by atoms with van der Waals surface area (Å²) in [5.74, 6) is -0.365. The molecule has 0 amide bonds. The first-order valence-corrected chi connectivity index (χ1v) is 6.28. The Bertz CT molecular complexity index is 585. The molecule has 0 radical (unpaired) electrons. The van der Waals surface area contributed by atoms with Gasteiger partial charge in [0.1, 0.15) is 12.0 Å². The molecule has 0 aliphatic heterocycles. The zero-order chi connectivity index (χ0) is 12.5. The van der Waals surface area contributed by atoms with Gasteiger partial charge in [-0.1, -0.05) is 12.8 Å². The normalized spacial score (nSPS) is 16.4. The van der Waals surface area contributed by atoms with Crippen molar-refractivity contribution in [2.45, 2.75) is 38.0 Å². The van der Waals surface area contributed by atoms with Crippen molar-refractivity contribution < 1.29 is 9.90 Å². The Morgan fingerprint density at radius 3 is 2.89 bits per heavy atom. The van der Waals surface area contributed by atoms with Crippen molar-refractivity contribution in [1.29, 1.82) is 0 Å². The second kappa shape index (κ2) is 4.40. The van der Waals surface area contributed by atoms with Gasteiger partial charge in [0.05, 0.1) is 12.1 Å². The topological polar surface area (TPSA) is 78.9 Å². The average Bonchev–Trinajstić information content (AvgIpc) is 2.98. The molecule has 2 aromatic rings. The van der Waals surface area contributed by atoms with Gasteiger partial charge in [-0.15, -0.1) is 0 Å². The van der Waals surface area contributed by atoms with Crippen molar-refractivity contribution in [3.05, 3.63) is 23.8 Å². The van der Waals surface area contributed by atoms with Crippen molar-refractivity contribution in [3.8, 4) is 0 Å². The van der Waals surface area contributed by atoms with Crippen molar-refractivity contribution in [3.63, 3.8) is 0 Å². The molecule has 5 nitrogen and oxygen atoms in total. The summed E-state index contributed by atoms with van der Waals surface area (Å²) in [6, 6.07) is 0. The zero-order valence-electron chi connectivity index (χ0n) is 10.0. The van der Waals surface area contributed by atoms with Gasteiger partial charge in [0, 0.05) is 17.5 Å². The van der Waals surface area contributed by atoms with Gasteiger partial charge < -0.3 is 10.1 Å². The molecular weight excluding hydrogens is 230 g/mol. The lowest BCUT2D eigenvalue weighted by Crippen LogP contribution is -2.03. The third-order valence-electron chi connectivity index (χ3n) is 3.66. The molecule has 3 rings (SSSR count). The van der Waals surface area contributed by atoms with Crippen LogP contribution in [0.15, 0.2) is 12.5 Å². The molecule has 5 heteroatoms. The molecule has 0 saturated heterocycles. The fraction of sp³-hybridized carbons (Fsp3) is 0.462. The summed E-state index contributed by atoms with van der Waals surface area (Å²) < 4.78 is 0. The highest BCUT2D eigenvalue weighted by atomic mass is 16.4. The van der Waals surface area contributed by atoms with E-state index in [4.69, 9.17) is 5.11 Å². The molecule has 0 aromatic carbocycles. The lowest BCUT2D eigenvalue weighted by molar-refractivity contribution is -0.136. The fourth-order valence-corrected chi connectivity index (χ4v) is 2.86. The predicted molar refractivity (Wildman–Crippen MR) is 66.4 cm³/mol. The minimum atomic E-state index is -0.822. The van der Waals surface area contributed by atoms with Crippen LogP contribution in [0.5, 0.6) is 0 Å². The molecule has 18 heavy (non-hydrogen) atoms. The molecule has 0 atom stereocenters. The van der Waals surface area contributed by atoms with Gasteiger partial charge in [-0.2, -0.15) is 0 Å². The van der Waals surface area contributed by atoms with E-state index in [1.165, 1.54) is 12.8 Å². The largest absolute Gasteiger partial charge is 0.481 e. The van der Waals surface area contributed by atoms with Gasteiger partial charge in [-0.05, 0) is 18.4 Å². The molecule has 1 aliphatic rings. The quantitative estimate of drug-likeness (QED) is 0.869. The van der Waals surface area contributed by atoms with E-state index in [1.54, 1.807) is 12.5 Å². The van der Waals surface area contributed by atoms with Crippen LogP contribution < -0.4 is 0 Å². The molecule has 0 unspecified atom stereocenters. The highest BCUT2D eigenvalue weighted by Crippen LogP contribution is 2.36. The highest BCUT2D eigenvalue weighted by Gasteiger charge is 2.23. The van der Waals surface area contributed by atoms with Crippen LogP contribution in [0.25, 0.3) is 11.0 Å². The summed E-state index contributed by atoms with van der Waals surface area (Å²) in [6.45, 7) is 0. The summed E-state index contributed by atoms with van der Waals surface area (Å²) in [5.41, 5.74) is 2.57. The minimum Gasteiger partial charge on any atom is -0.481 e. The molecule has 1 fully saturated rings. The first-order valence-electron chi connectivity index (χ1n) is 6.28. The number of carboxylic acid groups (broad SMARTS) is 1. The number of hydrogen-bond acceptors (Lipinski definition) is 3. The van der Waals surface area contributed by atoms with Crippen LogP contribution in [0.3, 0.4) is 0 Å². The van der Waals surface area contributed by atoms with Crippen molar-refractivity contribution >= 4 is 17.0 Å². The Morgan fingerprint density at radius 1 is 1.39 bits per heavy atom. The summed E-state index contributed by atoms with van der Waals surface area (Å²) in [6.07, 6.45) is 8.08. The van der Waals surface area contributed by atoms with Crippen LogP contribution in [0, 0.1) is 0 Å². The highest BCUT2D eigenvalue weighted by molar-refractivity contribution is 5.86. The molecule has 2 N–H and O–H groups in total. The van der Waals surface area contributed by atoms with E-state index in [9.17, 15) is 4.79 Å². The molecule has 1 aliphatic carbocycles. The smallest absolute Gasteiger partial charge is 0.307 e. The molecule has 1 saturated carbocycles. The van der Waals surface area contributed by atoms with Crippen LogP contribution in [-0.2, 0) is 11.2 Å². The third kappa shape index (κ3) is 1.85. The van der Waals surface area contributed by atoms with Gasteiger partial charge in [0.25, 0.3) is 0 Å². The summed E-state index contributed by atoms with van der Waals surface area (Å²) in [7, 11) is 0. The van der Waals surface area contributed by atoms with Gasteiger partial charge in [0.15, 0.2) is 0 Å². The van der Waals surface area contributed by atoms with E-state index < -0.39 is 5.97 Å². The number of aromatic nitrogens is 3. The Morgan fingerprint density at radius 2 is 2.17 bits per heavy atom. The number of aliphatic carboxylic acids is 1. The summed E-state index contributed by atoms with van der Waals surface area (Å²) in [5, 5.41) is 9.87. The Kier molecular flexibility index (Phi) is 2.74. The van der Waals surface area contributed by atoms with E-state index in [0.29, 0.717) is 5.92 Å². The predicted octanol–water partition coefficient (Wildman–Crippen LogP) is 2.24. The standard InChI is InChI=1S/C13H15N3O2/c17-10(18)5-9-6-14-13-11(9)12(15-7-16-13)8-3-1-2-4-8/h6-8H,1-5H2,(H,17,18)(H,14,15,16). The van der Waals surface area contributed by atoms with Gasteiger partial charge in [-0.3, -0.25) is 4.79 Å². The van der Waals surface area contributed by atoms with E-state index in [0.717, 1.165) is 35.1 Å². The van der Waals surface area contributed by atoms with Gasteiger partial charge >= 0.3 is 5.97 Å². The number of H-pyrrole nitrogens is 1. The van der Waals surface area contributed by atoms with Crippen molar-refractivity contribution in [1.82, 2.24) is 15.0 Å². The number of rotatable bonds is 3. The summed E-state index contributed by atoms with van der Waals surface area (Å²) in [4.78, 5) is 22.5. The molecule has 94 valence electrons. The molecule has 0 spiro atoms. The van der Waals surface area contributed by atoms with Crippen LogP contribution in [0.1, 0.15) is 42.9 Å². The zero-order valence-corrected chi connectivity index (χ0v) is 10.0. The van der Waals surface area contributed by atoms with E-state index in [1.807, 2.05) is 0 Å². The lowest BCUT2D eigenvalue weighted by atomic mass is 9.98. The number of hydrogen-bond donors (Lipinski definition) is 2. The average molecular weight is 245 g/mol. The molecular formula is C13H15N3O2. The maximum Gasteiger partial charge on any atom is 0.307 e. The lowest BCUT2D eigenvalue weighted by Gasteiger charge is -2.10. The SMILES string of the molecule is O=C(O)Cc1c[nH]c2ncnc(C3CCCC3)c12. The first-order chi connectivity index (χ1) is 8.75. The number of nitrogens with one attached hydrogen (secondary N) is 1. The van der Waals surface area contributed by atoms with Crippen LogP contribution in [0.2, 0.25) is 0 Å². The molecule has 2 aromatic heterocycles. The molecule has 0 bridgehead atoms. The maximum atomic E-state index is 10.9.